The van der Waals surface area contributed by atoms with Crippen molar-refractivity contribution in [3.05, 3.63) is 41.7 Å². The summed E-state index contributed by atoms with van der Waals surface area (Å²) in [5, 5.41) is 15.5. The van der Waals surface area contributed by atoms with Crippen molar-refractivity contribution in [2.75, 3.05) is 13.1 Å². The minimum absolute atomic E-state index is 0.0222. The fourth-order valence-electron chi connectivity index (χ4n) is 3.85. The maximum absolute atomic E-state index is 11.8. The number of hydrogen-bond donors (Lipinski definition) is 2. The van der Waals surface area contributed by atoms with E-state index in [9.17, 15) is 4.79 Å². The molecule has 1 aliphatic rings. The van der Waals surface area contributed by atoms with Gasteiger partial charge >= 0.3 is 0 Å². The van der Waals surface area contributed by atoms with Gasteiger partial charge in [-0.25, -0.2) is 4.68 Å². The molecule has 26 heavy (non-hydrogen) atoms. The zero-order valence-electron chi connectivity index (χ0n) is 16.1. The second-order valence-electron chi connectivity index (χ2n) is 8.23. The maximum atomic E-state index is 11.8. The van der Waals surface area contributed by atoms with Gasteiger partial charge in [-0.05, 0) is 36.8 Å². The standard InChI is InChI=1S/C19H28N6O/c1-15(26)20-19(16-8-6-5-7-9-16)10-12-24(13-11-19)14-17-21-22-23-25(17)18(2,3)4/h5-9H,10-14H2,1-4H3,(H,20,26)/p+1. The molecule has 1 aliphatic heterocycles. The Morgan fingerprint density at radius 1 is 1.23 bits per heavy atom. The van der Waals surface area contributed by atoms with Gasteiger partial charge in [0, 0.05) is 19.8 Å². The van der Waals surface area contributed by atoms with E-state index in [0.717, 1.165) is 38.3 Å². The van der Waals surface area contributed by atoms with Gasteiger partial charge in [-0.2, -0.15) is 0 Å². The van der Waals surface area contributed by atoms with Crippen LogP contribution in [0.5, 0.6) is 0 Å². The van der Waals surface area contributed by atoms with Crippen molar-refractivity contribution in [3.8, 4) is 0 Å². The molecule has 2 heterocycles. The molecule has 0 saturated carbocycles. The van der Waals surface area contributed by atoms with Crippen LogP contribution in [0.4, 0.5) is 0 Å². The minimum atomic E-state index is -0.271. The van der Waals surface area contributed by atoms with Crippen LogP contribution in [0.15, 0.2) is 30.3 Å². The molecule has 140 valence electrons. The molecule has 1 aromatic heterocycles. The van der Waals surface area contributed by atoms with Gasteiger partial charge in [0.1, 0.15) is 6.54 Å². The molecule has 0 spiro atoms. The van der Waals surface area contributed by atoms with E-state index in [1.165, 1.54) is 10.5 Å². The number of rotatable bonds is 4. The molecule has 3 rings (SSSR count). The van der Waals surface area contributed by atoms with E-state index in [4.69, 9.17) is 0 Å². The average Bonchev–Trinajstić information content (AvgIpc) is 3.06. The van der Waals surface area contributed by atoms with Gasteiger partial charge in [0.2, 0.25) is 11.7 Å². The first-order chi connectivity index (χ1) is 12.3. The molecule has 7 heteroatoms. The summed E-state index contributed by atoms with van der Waals surface area (Å²) in [5.74, 6) is 0.938. The number of quaternary nitrogens is 1. The number of tetrazole rings is 1. The second kappa shape index (κ2) is 7.15. The number of carbonyl (C=O) groups is 1. The third-order valence-corrected chi connectivity index (χ3v) is 5.13. The van der Waals surface area contributed by atoms with Gasteiger partial charge in [0.15, 0.2) is 0 Å². The van der Waals surface area contributed by atoms with Crippen LogP contribution in [0.3, 0.4) is 0 Å². The quantitative estimate of drug-likeness (QED) is 0.842. The normalized spacial score (nSPS) is 23.6. The van der Waals surface area contributed by atoms with E-state index in [1.54, 1.807) is 6.92 Å². The molecule has 0 unspecified atom stereocenters. The average molecular weight is 357 g/mol. The summed E-state index contributed by atoms with van der Waals surface area (Å²) < 4.78 is 1.91. The van der Waals surface area contributed by atoms with E-state index < -0.39 is 0 Å². The number of benzene rings is 1. The van der Waals surface area contributed by atoms with E-state index >= 15 is 0 Å². The molecule has 0 aliphatic carbocycles. The molecule has 0 bridgehead atoms. The zero-order chi connectivity index (χ0) is 18.8. The van der Waals surface area contributed by atoms with Gasteiger partial charge in [0.25, 0.3) is 0 Å². The summed E-state index contributed by atoms with van der Waals surface area (Å²) in [6.07, 6.45) is 1.81. The molecular weight excluding hydrogens is 328 g/mol. The van der Waals surface area contributed by atoms with Crippen LogP contribution >= 0.6 is 0 Å². The molecule has 1 saturated heterocycles. The smallest absolute Gasteiger partial charge is 0.217 e. The molecule has 0 atom stereocenters. The van der Waals surface area contributed by atoms with Crippen molar-refractivity contribution in [2.24, 2.45) is 0 Å². The number of amides is 1. The zero-order valence-corrected chi connectivity index (χ0v) is 16.1. The number of carbonyl (C=O) groups excluding carboxylic acids is 1. The highest BCUT2D eigenvalue weighted by Gasteiger charge is 2.39. The Kier molecular flexibility index (Phi) is 5.09. The van der Waals surface area contributed by atoms with Crippen LogP contribution in [0, 0.1) is 0 Å². The first-order valence-electron chi connectivity index (χ1n) is 9.26. The number of hydrogen-bond acceptors (Lipinski definition) is 4. The van der Waals surface area contributed by atoms with E-state index in [-0.39, 0.29) is 17.0 Å². The lowest BCUT2D eigenvalue weighted by molar-refractivity contribution is -0.921. The summed E-state index contributed by atoms with van der Waals surface area (Å²) >= 11 is 0. The predicted molar refractivity (Wildman–Crippen MR) is 98.4 cm³/mol. The van der Waals surface area contributed by atoms with Crippen LogP contribution in [0.1, 0.15) is 51.9 Å². The Morgan fingerprint density at radius 2 is 1.88 bits per heavy atom. The maximum Gasteiger partial charge on any atom is 0.217 e. The van der Waals surface area contributed by atoms with E-state index in [2.05, 4.69) is 53.7 Å². The summed E-state index contributed by atoms with van der Waals surface area (Å²) in [6.45, 7) is 10.6. The monoisotopic (exact) mass is 357 g/mol. The highest BCUT2D eigenvalue weighted by Crippen LogP contribution is 2.29. The van der Waals surface area contributed by atoms with Crippen LogP contribution in [-0.2, 0) is 22.4 Å². The molecule has 1 amide bonds. The molecule has 2 N–H and O–H groups in total. The third-order valence-electron chi connectivity index (χ3n) is 5.13. The number of piperidine rings is 1. The molecule has 1 fully saturated rings. The Hall–Kier alpha value is -2.28. The summed E-state index contributed by atoms with van der Waals surface area (Å²) in [4.78, 5) is 13.3. The Labute approximate surface area is 154 Å². The minimum Gasteiger partial charge on any atom is -0.346 e. The predicted octanol–water partition coefficient (Wildman–Crippen LogP) is 0.638. The van der Waals surface area contributed by atoms with Gasteiger partial charge < -0.3 is 10.2 Å². The Bertz CT molecular complexity index is 741. The van der Waals surface area contributed by atoms with Gasteiger partial charge in [-0.3, -0.25) is 4.79 Å². The van der Waals surface area contributed by atoms with Crippen molar-refractivity contribution >= 4 is 5.91 Å². The van der Waals surface area contributed by atoms with Crippen molar-refractivity contribution in [3.63, 3.8) is 0 Å². The fraction of sp³-hybridized carbons (Fsp3) is 0.579. The molecule has 1 aromatic carbocycles. The highest BCUT2D eigenvalue weighted by atomic mass is 16.1. The van der Waals surface area contributed by atoms with Crippen LogP contribution in [-0.4, -0.2) is 39.2 Å². The molecule has 2 aromatic rings. The first-order valence-corrected chi connectivity index (χ1v) is 9.26. The van der Waals surface area contributed by atoms with Crippen molar-refractivity contribution < 1.29 is 9.69 Å². The van der Waals surface area contributed by atoms with Crippen LogP contribution < -0.4 is 10.2 Å². The summed E-state index contributed by atoms with van der Waals surface area (Å²) in [7, 11) is 0. The Balaban J connectivity index is 1.73. The van der Waals surface area contributed by atoms with Crippen molar-refractivity contribution in [1.82, 2.24) is 25.5 Å². The lowest BCUT2D eigenvalue weighted by Crippen LogP contribution is -3.12. The Morgan fingerprint density at radius 3 is 2.46 bits per heavy atom. The summed E-state index contributed by atoms with van der Waals surface area (Å²) in [6, 6.07) is 10.3. The van der Waals surface area contributed by atoms with Crippen molar-refractivity contribution in [2.45, 2.75) is 58.2 Å². The largest absolute Gasteiger partial charge is 0.346 e. The SMILES string of the molecule is CC(=O)NC1(c2ccccc2)CC[NH+](Cc2nnnn2C(C)(C)C)CC1. The molecular formula is C19H29N6O+. The number of nitrogens with zero attached hydrogens (tertiary/aromatic N) is 4. The van der Waals surface area contributed by atoms with E-state index in [0.29, 0.717) is 0 Å². The topological polar surface area (TPSA) is 77.1 Å². The first kappa shape index (κ1) is 18.5. The number of nitrogens with one attached hydrogen (secondary N) is 2. The van der Waals surface area contributed by atoms with Crippen LogP contribution in [0.2, 0.25) is 0 Å². The van der Waals surface area contributed by atoms with Crippen molar-refractivity contribution in [1.29, 1.82) is 0 Å². The lowest BCUT2D eigenvalue weighted by atomic mass is 9.80. The number of likely N-dealkylation sites (tertiary alicyclic amines) is 1. The number of aromatic nitrogens is 4. The van der Waals surface area contributed by atoms with Crippen LogP contribution in [0.25, 0.3) is 0 Å². The van der Waals surface area contributed by atoms with Gasteiger partial charge in [-0.1, -0.05) is 30.3 Å². The third kappa shape index (κ3) is 3.93. The van der Waals surface area contributed by atoms with E-state index in [1.807, 2.05) is 22.9 Å². The summed E-state index contributed by atoms with van der Waals surface area (Å²) in [5.41, 5.74) is 0.790. The molecule has 0 radical (unpaired) electrons. The lowest BCUT2D eigenvalue weighted by Gasteiger charge is -2.40. The highest BCUT2D eigenvalue weighted by molar-refractivity contribution is 5.74. The molecule has 7 nitrogen and oxygen atoms in total. The fourth-order valence-corrected chi connectivity index (χ4v) is 3.85. The van der Waals surface area contributed by atoms with Gasteiger partial charge in [-0.15, -0.1) is 5.10 Å². The second-order valence-corrected chi connectivity index (χ2v) is 8.23. The van der Waals surface area contributed by atoms with Gasteiger partial charge in [0.05, 0.1) is 24.2 Å².